The molecule has 0 spiro atoms. The fraction of sp³-hybridized carbons (Fsp3) is 0.368. The van der Waals surface area contributed by atoms with E-state index in [9.17, 15) is 8.42 Å². The van der Waals surface area contributed by atoms with E-state index in [-0.39, 0.29) is 0 Å². The number of nitrogens with one attached hydrogen (secondary N) is 1. The molecular weight excluding hydrogens is 306 g/mol. The van der Waals surface area contributed by atoms with E-state index in [1.165, 1.54) is 0 Å². The summed E-state index contributed by atoms with van der Waals surface area (Å²) < 4.78 is 27.9. The molecule has 0 saturated carbocycles. The van der Waals surface area contributed by atoms with Gasteiger partial charge in [0, 0.05) is 0 Å². The summed E-state index contributed by atoms with van der Waals surface area (Å²) in [6.45, 7) is 4.24. The fourth-order valence-electron chi connectivity index (χ4n) is 2.53. The van der Waals surface area contributed by atoms with Crippen LogP contribution in [-0.2, 0) is 22.9 Å². The molecule has 0 aromatic heterocycles. The van der Waals surface area contributed by atoms with Gasteiger partial charge in [0.05, 0.1) is 10.6 Å². The van der Waals surface area contributed by atoms with Crippen LogP contribution in [0, 0.1) is 0 Å². The first-order chi connectivity index (χ1) is 11.1. The summed E-state index contributed by atoms with van der Waals surface area (Å²) in [6.07, 6.45) is 5.03. The normalized spacial score (nSPS) is 11.4. The largest absolute Gasteiger partial charge is 0.279 e. The second kappa shape index (κ2) is 8.16. The lowest BCUT2D eigenvalue weighted by molar-refractivity contribution is 0.601. The Hall–Kier alpha value is -1.81. The van der Waals surface area contributed by atoms with Gasteiger partial charge in [-0.25, -0.2) is 8.42 Å². The Balaban J connectivity index is 2.21. The van der Waals surface area contributed by atoms with E-state index in [1.807, 2.05) is 36.4 Å². The Morgan fingerprint density at radius 1 is 0.870 bits per heavy atom. The van der Waals surface area contributed by atoms with Gasteiger partial charge in [0.1, 0.15) is 0 Å². The molecule has 0 radical (unpaired) electrons. The Labute approximate surface area is 139 Å². The number of sulfonamides is 1. The van der Waals surface area contributed by atoms with Gasteiger partial charge in [-0.15, -0.1) is 0 Å². The predicted octanol–water partition coefficient (Wildman–Crippen LogP) is 4.78. The molecule has 1 N–H and O–H groups in total. The molecule has 0 saturated heterocycles. The summed E-state index contributed by atoms with van der Waals surface area (Å²) in [4.78, 5) is 0.308. The van der Waals surface area contributed by atoms with Gasteiger partial charge in [0.25, 0.3) is 10.0 Å². The molecular formula is C19H25NO2S. The molecule has 2 aromatic carbocycles. The molecule has 0 aliphatic carbocycles. The minimum Gasteiger partial charge on any atom is -0.279 e. The van der Waals surface area contributed by atoms with Crippen LogP contribution in [0.25, 0.3) is 0 Å². The van der Waals surface area contributed by atoms with Crippen molar-refractivity contribution in [2.24, 2.45) is 0 Å². The molecule has 2 rings (SSSR count). The number of benzene rings is 2. The van der Waals surface area contributed by atoms with Crippen LogP contribution in [0.5, 0.6) is 0 Å². The Morgan fingerprint density at radius 3 is 2.22 bits per heavy atom. The summed E-state index contributed by atoms with van der Waals surface area (Å²) in [5, 5.41) is 0. The summed E-state index contributed by atoms with van der Waals surface area (Å²) in [7, 11) is -3.54. The summed E-state index contributed by atoms with van der Waals surface area (Å²) in [6, 6.07) is 14.8. The molecule has 2 aromatic rings. The SMILES string of the molecule is CCCCc1ccccc1NS(=O)(=O)c1ccc(CCC)cc1. The maximum atomic E-state index is 12.6. The van der Waals surface area contributed by atoms with Gasteiger partial charge in [-0.05, 0) is 48.6 Å². The molecule has 0 amide bonds. The van der Waals surface area contributed by atoms with Gasteiger partial charge in [-0.2, -0.15) is 0 Å². The average Bonchev–Trinajstić information content (AvgIpc) is 2.54. The zero-order valence-corrected chi connectivity index (χ0v) is 14.7. The summed E-state index contributed by atoms with van der Waals surface area (Å²) in [5.41, 5.74) is 2.88. The van der Waals surface area contributed by atoms with E-state index in [2.05, 4.69) is 18.6 Å². The van der Waals surface area contributed by atoms with Crippen molar-refractivity contribution in [2.75, 3.05) is 4.72 Å². The Bertz CT molecular complexity index is 721. The van der Waals surface area contributed by atoms with Crippen LogP contribution >= 0.6 is 0 Å². The molecule has 3 nitrogen and oxygen atoms in total. The maximum Gasteiger partial charge on any atom is 0.261 e. The van der Waals surface area contributed by atoms with Gasteiger partial charge in [0.15, 0.2) is 0 Å². The number of hydrogen-bond acceptors (Lipinski definition) is 2. The second-order valence-electron chi connectivity index (χ2n) is 5.76. The van der Waals surface area contributed by atoms with Crippen molar-refractivity contribution in [1.82, 2.24) is 0 Å². The number of unbranched alkanes of at least 4 members (excludes halogenated alkanes) is 1. The number of aryl methyl sites for hydroxylation is 2. The predicted molar refractivity (Wildman–Crippen MR) is 96.3 cm³/mol. The molecule has 0 heterocycles. The molecule has 124 valence electrons. The highest BCUT2D eigenvalue weighted by atomic mass is 32.2. The van der Waals surface area contributed by atoms with Gasteiger partial charge in [-0.3, -0.25) is 4.72 Å². The first-order valence-corrected chi connectivity index (χ1v) is 9.74. The third-order valence-electron chi connectivity index (χ3n) is 3.83. The average molecular weight is 331 g/mol. The van der Waals surface area contributed by atoms with Crippen molar-refractivity contribution in [3.05, 3.63) is 59.7 Å². The zero-order valence-electron chi connectivity index (χ0n) is 13.9. The van der Waals surface area contributed by atoms with Crippen LogP contribution < -0.4 is 4.72 Å². The standard InChI is InChI=1S/C19H25NO2S/c1-3-5-9-17-10-6-7-11-19(17)20-23(21,22)18-14-12-16(8-4-2)13-15-18/h6-7,10-15,20H,3-5,8-9H2,1-2H3. The van der Waals surface area contributed by atoms with Crippen molar-refractivity contribution in [2.45, 2.75) is 50.8 Å². The van der Waals surface area contributed by atoms with E-state index < -0.39 is 10.0 Å². The van der Waals surface area contributed by atoms with Crippen molar-refractivity contribution in [3.8, 4) is 0 Å². The summed E-state index contributed by atoms with van der Waals surface area (Å²) in [5.74, 6) is 0. The van der Waals surface area contributed by atoms with Crippen molar-refractivity contribution >= 4 is 15.7 Å². The van der Waals surface area contributed by atoms with Crippen molar-refractivity contribution in [1.29, 1.82) is 0 Å². The highest BCUT2D eigenvalue weighted by Gasteiger charge is 2.15. The molecule has 23 heavy (non-hydrogen) atoms. The molecule has 0 atom stereocenters. The number of hydrogen-bond donors (Lipinski definition) is 1. The van der Waals surface area contributed by atoms with Crippen LogP contribution in [-0.4, -0.2) is 8.42 Å². The minimum absolute atomic E-state index is 0.308. The number of para-hydroxylation sites is 1. The van der Waals surface area contributed by atoms with E-state index in [0.29, 0.717) is 10.6 Å². The van der Waals surface area contributed by atoms with Crippen LogP contribution in [0.3, 0.4) is 0 Å². The minimum atomic E-state index is -3.54. The smallest absolute Gasteiger partial charge is 0.261 e. The quantitative estimate of drug-likeness (QED) is 0.756. The van der Waals surface area contributed by atoms with Gasteiger partial charge < -0.3 is 0 Å². The van der Waals surface area contributed by atoms with E-state index >= 15 is 0 Å². The molecule has 4 heteroatoms. The molecule has 0 aliphatic rings. The lowest BCUT2D eigenvalue weighted by Gasteiger charge is -2.13. The Morgan fingerprint density at radius 2 is 1.57 bits per heavy atom. The van der Waals surface area contributed by atoms with E-state index in [4.69, 9.17) is 0 Å². The maximum absolute atomic E-state index is 12.6. The van der Waals surface area contributed by atoms with Crippen LogP contribution in [0.2, 0.25) is 0 Å². The Kier molecular flexibility index (Phi) is 6.22. The highest BCUT2D eigenvalue weighted by molar-refractivity contribution is 7.92. The lowest BCUT2D eigenvalue weighted by Crippen LogP contribution is -2.14. The van der Waals surface area contributed by atoms with Crippen molar-refractivity contribution in [3.63, 3.8) is 0 Å². The first kappa shape index (κ1) is 17.5. The zero-order chi connectivity index (χ0) is 16.7. The van der Waals surface area contributed by atoms with Gasteiger partial charge >= 0.3 is 0 Å². The van der Waals surface area contributed by atoms with Gasteiger partial charge in [-0.1, -0.05) is 57.0 Å². The fourth-order valence-corrected chi connectivity index (χ4v) is 3.63. The lowest BCUT2D eigenvalue weighted by atomic mass is 10.1. The van der Waals surface area contributed by atoms with E-state index in [0.717, 1.165) is 43.2 Å². The van der Waals surface area contributed by atoms with E-state index in [1.54, 1.807) is 12.1 Å². The molecule has 0 unspecified atom stereocenters. The third-order valence-corrected chi connectivity index (χ3v) is 5.22. The van der Waals surface area contributed by atoms with Crippen LogP contribution in [0.15, 0.2) is 53.4 Å². The monoisotopic (exact) mass is 331 g/mol. The topological polar surface area (TPSA) is 46.2 Å². The van der Waals surface area contributed by atoms with Gasteiger partial charge in [0.2, 0.25) is 0 Å². The van der Waals surface area contributed by atoms with Crippen LogP contribution in [0.1, 0.15) is 44.2 Å². The molecule has 0 aliphatic heterocycles. The molecule has 0 bridgehead atoms. The second-order valence-corrected chi connectivity index (χ2v) is 7.44. The number of rotatable bonds is 8. The third kappa shape index (κ3) is 4.83. The number of anilines is 1. The summed E-state index contributed by atoms with van der Waals surface area (Å²) >= 11 is 0. The van der Waals surface area contributed by atoms with Crippen molar-refractivity contribution < 1.29 is 8.42 Å². The molecule has 0 fully saturated rings. The highest BCUT2D eigenvalue weighted by Crippen LogP contribution is 2.22. The first-order valence-electron chi connectivity index (χ1n) is 8.26. The van der Waals surface area contributed by atoms with Crippen LogP contribution in [0.4, 0.5) is 5.69 Å².